The van der Waals surface area contributed by atoms with Crippen LogP contribution in [0.15, 0.2) is 22.0 Å². The van der Waals surface area contributed by atoms with Gasteiger partial charge >= 0.3 is 0 Å². The zero-order chi connectivity index (χ0) is 20.9. The van der Waals surface area contributed by atoms with Crippen molar-refractivity contribution >= 4 is 39.0 Å². The number of aromatic nitrogens is 4. The van der Waals surface area contributed by atoms with Crippen LogP contribution in [0, 0.1) is 11.5 Å². The first-order valence-electron chi connectivity index (χ1n) is 7.83. The summed E-state index contributed by atoms with van der Waals surface area (Å²) in [6.45, 7) is 1.94. The van der Waals surface area contributed by atoms with Gasteiger partial charge in [-0.2, -0.15) is 10.3 Å². The van der Waals surface area contributed by atoms with E-state index in [1.807, 2.05) is 0 Å². The van der Waals surface area contributed by atoms with Crippen LogP contribution in [-0.2, 0) is 23.4 Å². The Morgan fingerprint density at radius 1 is 1.43 bits per heavy atom. The van der Waals surface area contributed by atoms with E-state index in [-0.39, 0.29) is 40.1 Å². The van der Waals surface area contributed by atoms with Crippen LogP contribution in [0.4, 0.5) is 5.95 Å². The van der Waals surface area contributed by atoms with E-state index < -0.39 is 15.7 Å². The molecule has 0 fully saturated rings. The maximum Gasteiger partial charge on any atom is 0.259 e. The monoisotopic (exact) mass is 424 g/mol. The summed E-state index contributed by atoms with van der Waals surface area (Å²) in [5.41, 5.74) is 0.817. The van der Waals surface area contributed by atoms with Gasteiger partial charge in [-0.1, -0.05) is 16.7 Å². The molecule has 1 heterocycles. The minimum atomic E-state index is -3.59. The van der Waals surface area contributed by atoms with Crippen molar-refractivity contribution in [1.29, 1.82) is 5.26 Å². The molecular weight excluding hydrogens is 408 g/mol. The molecule has 0 radical (unpaired) electrons. The topological polar surface area (TPSA) is 155 Å². The predicted molar refractivity (Wildman–Crippen MR) is 102 cm³/mol. The Hall–Kier alpha value is -2.88. The highest BCUT2D eigenvalue weighted by Crippen LogP contribution is 2.28. The number of nitriles is 1. The first-order chi connectivity index (χ1) is 13.1. The number of amides is 1. The molecule has 11 nitrogen and oxygen atoms in total. The molecule has 0 bridgehead atoms. The summed E-state index contributed by atoms with van der Waals surface area (Å²) in [5.74, 6) is -0.484. The molecule has 1 aromatic carbocycles. The largest absolute Gasteiger partial charge is 0.307 e. The van der Waals surface area contributed by atoms with Gasteiger partial charge in [-0.3, -0.25) is 10.1 Å². The van der Waals surface area contributed by atoms with Crippen LogP contribution < -0.4 is 10.6 Å². The smallest absolute Gasteiger partial charge is 0.259 e. The summed E-state index contributed by atoms with van der Waals surface area (Å²) in [6, 6.07) is 2.64. The van der Waals surface area contributed by atoms with Gasteiger partial charge in [0.1, 0.15) is 0 Å². The minimum absolute atomic E-state index is 0.00301. The standard InChI is InChI=1S/C15H17ClN8O3S/c1-9(19-8-17)6-18-7-11-12(28(3,26)27)5-4-10(13(11)16)14(25)20-15-21-22-23-24(15)2/h4-5,18H,6-7H2,1-3H3,(H,20,21,23,25)/b19-9-. The van der Waals surface area contributed by atoms with E-state index in [0.29, 0.717) is 5.71 Å². The first kappa shape index (κ1) is 21.4. The lowest BCUT2D eigenvalue weighted by Crippen LogP contribution is -2.23. The number of nitrogens with zero attached hydrogens (tertiary/aromatic N) is 6. The molecule has 0 aliphatic heterocycles. The summed E-state index contributed by atoms with van der Waals surface area (Å²) >= 11 is 6.36. The normalized spacial score (nSPS) is 11.9. The molecule has 0 spiro atoms. The van der Waals surface area contributed by atoms with Gasteiger partial charge in [-0.25, -0.2) is 13.1 Å². The van der Waals surface area contributed by atoms with Crippen molar-refractivity contribution in [3.8, 4) is 6.19 Å². The number of hydrogen-bond acceptors (Lipinski definition) is 9. The van der Waals surface area contributed by atoms with Crippen LogP contribution in [0.5, 0.6) is 0 Å². The SMILES string of the molecule is C/C(CNCc1c(S(C)(=O)=O)ccc(C(=O)Nc2nnnn2C)c1Cl)=N/C#N. The third-order valence-corrected chi connectivity index (χ3v) is 5.23. The highest BCUT2D eigenvalue weighted by Gasteiger charge is 2.22. The number of rotatable bonds is 7. The highest BCUT2D eigenvalue weighted by molar-refractivity contribution is 7.90. The van der Waals surface area contributed by atoms with Crippen molar-refractivity contribution in [2.45, 2.75) is 18.4 Å². The summed E-state index contributed by atoms with van der Waals surface area (Å²) in [4.78, 5) is 16.1. The maximum atomic E-state index is 12.5. The fourth-order valence-corrected chi connectivity index (χ4v) is 3.60. The van der Waals surface area contributed by atoms with Crippen molar-refractivity contribution in [2.24, 2.45) is 12.0 Å². The van der Waals surface area contributed by atoms with Crippen molar-refractivity contribution < 1.29 is 13.2 Å². The fourth-order valence-electron chi connectivity index (χ4n) is 2.29. The first-order valence-corrected chi connectivity index (χ1v) is 10.1. The van der Waals surface area contributed by atoms with Crippen LogP contribution in [0.25, 0.3) is 0 Å². The Morgan fingerprint density at radius 2 is 2.14 bits per heavy atom. The van der Waals surface area contributed by atoms with Crippen LogP contribution in [0.3, 0.4) is 0 Å². The van der Waals surface area contributed by atoms with Crippen LogP contribution >= 0.6 is 11.6 Å². The van der Waals surface area contributed by atoms with E-state index >= 15 is 0 Å². The maximum absolute atomic E-state index is 12.5. The molecule has 0 atom stereocenters. The zero-order valence-electron chi connectivity index (χ0n) is 15.3. The van der Waals surface area contributed by atoms with Gasteiger partial charge in [0.15, 0.2) is 9.84 Å². The Balaban J connectivity index is 2.36. The second-order valence-corrected chi connectivity index (χ2v) is 8.17. The molecule has 0 aliphatic carbocycles. The molecule has 1 aromatic heterocycles. The van der Waals surface area contributed by atoms with Crippen molar-refractivity contribution in [1.82, 2.24) is 25.5 Å². The molecule has 0 saturated carbocycles. The summed E-state index contributed by atoms with van der Waals surface area (Å²) in [5, 5.41) is 24.7. The Morgan fingerprint density at radius 3 is 2.71 bits per heavy atom. The van der Waals surface area contributed by atoms with Gasteiger partial charge in [-0.15, -0.1) is 0 Å². The second kappa shape index (κ2) is 8.87. The average molecular weight is 425 g/mol. The van der Waals surface area contributed by atoms with Crippen LogP contribution in [-0.4, -0.2) is 53.0 Å². The molecule has 13 heteroatoms. The number of carbonyl (C=O) groups is 1. The number of tetrazole rings is 1. The second-order valence-electron chi connectivity index (χ2n) is 5.81. The number of sulfone groups is 1. The summed E-state index contributed by atoms with van der Waals surface area (Å²) in [6.07, 6.45) is 2.72. The summed E-state index contributed by atoms with van der Waals surface area (Å²) < 4.78 is 25.5. The van der Waals surface area contributed by atoms with Crippen molar-refractivity contribution in [3.05, 3.63) is 28.3 Å². The number of halogens is 1. The number of nitrogens with one attached hydrogen (secondary N) is 2. The van der Waals surface area contributed by atoms with Gasteiger partial charge in [0.05, 0.1) is 15.5 Å². The number of benzene rings is 1. The Bertz CT molecular complexity index is 1070. The molecule has 0 unspecified atom stereocenters. The van der Waals surface area contributed by atoms with Gasteiger partial charge in [0.2, 0.25) is 12.1 Å². The number of aliphatic imine (C=N–C) groups is 1. The third-order valence-electron chi connectivity index (χ3n) is 3.61. The molecular formula is C15H17ClN8O3S. The zero-order valence-corrected chi connectivity index (χ0v) is 16.8. The molecule has 1 amide bonds. The number of hydrogen-bond donors (Lipinski definition) is 2. The quantitative estimate of drug-likeness (QED) is 0.482. The molecule has 2 aromatic rings. The van der Waals surface area contributed by atoms with Crippen LogP contribution in [0.2, 0.25) is 5.02 Å². The Labute approximate surface area is 166 Å². The lowest BCUT2D eigenvalue weighted by molar-refractivity contribution is 0.102. The van der Waals surface area contributed by atoms with E-state index in [1.165, 1.54) is 16.8 Å². The van der Waals surface area contributed by atoms with Gasteiger partial charge in [0.25, 0.3) is 5.91 Å². The van der Waals surface area contributed by atoms with Crippen molar-refractivity contribution in [3.63, 3.8) is 0 Å². The average Bonchev–Trinajstić information content (AvgIpc) is 3.00. The number of aryl methyl sites for hydroxylation is 1. The molecule has 0 saturated heterocycles. The molecule has 2 N–H and O–H groups in total. The fraction of sp³-hybridized carbons (Fsp3) is 0.333. The Kier molecular flexibility index (Phi) is 6.79. The van der Waals surface area contributed by atoms with E-state index in [2.05, 4.69) is 31.2 Å². The van der Waals surface area contributed by atoms with Crippen LogP contribution in [0.1, 0.15) is 22.8 Å². The van der Waals surface area contributed by atoms with E-state index in [9.17, 15) is 13.2 Å². The molecule has 148 valence electrons. The molecule has 28 heavy (non-hydrogen) atoms. The summed E-state index contributed by atoms with van der Waals surface area (Å²) in [7, 11) is -2.05. The predicted octanol–water partition coefficient (Wildman–Crippen LogP) is 0.551. The molecule has 2 rings (SSSR count). The highest BCUT2D eigenvalue weighted by atomic mass is 35.5. The minimum Gasteiger partial charge on any atom is -0.307 e. The van der Waals surface area contributed by atoms with Gasteiger partial charge in [-0.05, 0) is 29.5 Å². The van der Waals surface area contributed by atoms with Gasteiger partial charge in [0, 0.05) is 37.7 Å². The third kappa shape index (κ3) is 5.10. The lowest BCUT2D eigenvalue weighted by Gasteiger charge is -2.14. The number of anilines is 1. The molecule has 0 aliphatic rings. The number of carbonyl (C=O) groups excluding carboxylic acids is 1. The van der Waals surface area contributed by atoms with Gasteiger partial charge < -0.3 is 5.32 Å². The van der Waals surface area contributed by atoms with E-state index in [1.54, 1.807) is 20.2 Å². The van der Waals surface area contributed by atoms with E-state index in [0.717, 1.165) is 6.26 Å². The lowest BCUT2D eigenvalue weighted by atomic mass is 10.1. The van der Waals surface area contributed by atoms with E-state index in [4.69, 9.17) is 16.9 Å². The van der Waals surface area contributed by atoms with Crippen molar-refractivity contribution in [2.75, 3.05) is 18.1 Å².